The fourth-order valence-electron chi connectivity index (χ4n) is 1.67. The van der Waals surface area contributed by atoms with Gasteiger partial charge in [-0.25, -0.2) is 4.98 Å². The Balaban J connectivity index is 1.85. The molecule has 4 heteroatoms. The van der Waals surface area contributed by atoms with Crippen molar-refractivity contribution in [3.63, 3.8) is 0 Å². The van der Waals surface area contributed by atoms with Gasteiger partial charge in [-0.05, 0) is 32.4 Å². The lowest BCUT2D eigenvalue weighted by atomic mass is 10.1. The number of furan rings is 1. The van der Waals surface area contributed by atoms with E-state index in [2.05, 4.69) is 22.2 Å². The molecule has 0 radical (unpaired) electrons. The SMILES string of the molecule is Cc1nccnc1NC(C)CCc1ccco1. The molecular formula is C13H17N3O. The normalized spacial score (nSPS) is 12.4. The highest BCUT2D eigenvalue weighted by Gasteiger charge is 2.06. The third-order valence-corrected chi connectivity index (χ3v) is 2.67. The van der Waals surface area contributed by atoms with Crippen molar-refractivity contribution < 1.29 is 4.42 Å². The number of rotatable bonds is 5. The number of nitrogens with zero attached hydrogens (tertiary/aromatic N) is 2. The predicted octanol–water partition coefficient (Wildman–Crippen LogP) is 2.81. The van der Waals surface area contributed by atoms with E-state index in [1.54, 1.807) is 18.7 Å². The van der Waals surface area contributed by atoms with Crippen LogP contribution < -0.4 is 5.32 Å². The van der Waals surface area contributed by atoms with E-state index in [0.717, 1.165) is 30.1 Å². The first kappa shape index (κ1) is 11.6. The highest BCUT2D eigenvalue weighted by atomic mass is 16.3. The van der Waals surface area contributed by atoms with Crippen molar-refractivity contribution in [2.45, 2.75) is 32.7 Å². The molecule has 1 unspecified atom stereocenters. The summed E-state index contributed by atoms with van der Waals surface area (Å²) in [7, 11) is 0. The Hall–Kier alpha value is -1.84. The molecule has 0 fully saturated rings. The second-order valence-electron chi connectivity index (χ2n) is 4.15. The van der Waals surface area contributed by atoms with Crippen LogP contribution in [0, 0.1) is 6.92 Å². The van der Waals surface area contributed by atoms with Crippen molar-refractivity contribution in [3.8, 4) is 0 Å². The highest BCUT2D eigenvalue weighted by Crippen LogP contribution is 2.11. The van der Waals surface area contributed by atoms with E-state index in [4.69, 9.17) is 4.42 Å². The van der Waals surface area contributed by atoms with E-state index < -0.39 is 0 Å². The maximum absolute atomic E-state index is 5.30. The van der Waals surface area contributed by atoms with E-state index in [1.165, 1.54) is 0 Å². The molecule has 0 saturated carbocycles. The van der Waals surface area contributed by atoms with Crippen molar-refractivity contribution in [3.05, 3.63) is 42.2 Å². The molecule has 0 aliphatic heterocycles. The molecule has 0 aromatic carbocycles. The zero-order valence-electron chi connectivity index (χ0n) is 10.2. The molecule has 0 aliphatic rings. The minimum Gasteiger partial charge on any atom is -0.469 e. The van der Waals surface area contributed by atoms with E-state index in [1.807, 2.05) is 19.1 Å². The van der Waals surface area contributed by atoms with Crippen LogP contribution in [0.2, 0.25) is 0 Å². The Kier molecular flexibility index (Phi) is 3.75. The van der Waals surface area contributed by atoms with Gasteiger partial charge in [-0.1, -0.05) is 0 Å². The van der Waals surface area contributed by atoms with Crippen molar-refractivity contribution in [2.75, 3.05) is 5.32 Å². The van der Waals surface area contributed by atoms with Crippen molar-refractivity contribution in [1.29, 1.82) is 0 Å². The smallest absolute Gasteiger partial charge is 0.147 e. The molecular weight excluding hydrogens is 214 g/mol. The molecule has 0 bridgehead atoms. The summed E-state index contributed by atoms with van der Waals surface area (Å²) in [6, 6.07) is 4.26. The average molecular weight is 231 g/mol. The third kappa shape index (κ3) is 3.31. The van der Waals surface area contributed by atoms with Crippen LogP contribution in [0.5, 0.6) is 0 Å². The number of aryl methyl sites for hydroxylation is 2. The van der Waals surface area contributed by atoms with Crippen molar-refractivity contribution >= 4 is 5.82 Å². The Morgan fingerprint density at radius 2 is 2.18 bits per heavy atom. The molecule has 0 spiro atoms. The molecule has 17 heavy (non-hydrogen) atoms. The molecule has 4 nitrogen and oxygen atoms in total. The van der Waals surface area contributed by atoms with Crippen LogP contribution in [0.25, 0.3) is 0 Å². The zero-order chi connectivity index (χ0) is 12.1. The van der Waals surface area contributed by atoms with Gasteiger partial charge in [0.1, 0.15) is 11.6 Å². The zero-order valence-corrected chi connectivity index (χ0v) is 10.2. The van der Waals surface area contributed by atoms with Gasteiger partial charge < -0.3 is 9.73 Å². The second kappa shape index (κ2) is 5.48. The highest BCUT2D eigenvalue weighted by molar-refractivity contribution is 5.39. The third-order valence-electron chi connectivity index (χ3n) is 2.67. The monoisotopic (exact) mass is 231 g/mol. The summed E-state index contributed by atoms with van der Waals surface area (Å²) in [5, 5.41) is 3.36. The summed E-state index contributed by atoms with van der Waals surface area (Å²) in [6.07, 6.45) is 7.05. The van der Waals surface area contributed by atoms with Gasteiger partial charge in [0.05, 0.1) is 12.0 Å². The Morgan fingerprint density at radius 3 is 2.88 bits per heavy atom. The lowest BCUT2D eigenvalue weighted by Gasteiger charge is -2.14. The molecule has 2 aromatic rings. The number of aromatic nitrogens is 2. The summed E-state index contributed by atoms with van der Waals surface area (Å²) in [5.74, 6) is 1.88. The van der Waals surface area contributed by atoms with E-state index in [-0.39, 0.29) is 0 Å². The molecule has 90 valence electrons. The minimum absolute atomic E-state index is 0.343. The molecule has 2 aromatic heterocycles. The quantitative estimate of drug-likeness (QED) is 0.859. The first-order valence-electron chi connectivity index (χ1n) is 5.82. The van der Waals surface area contributed by atoms with Crippen LogP contribution in [-0.2, 0) is 6.42 Å². The number of anilines is 1. The van der Waals surface area contributed by atoms with Gasteiger partial charge >= 0.3 is 0 Å². The standard InChI is InChI=1S/C13H17N3O/c1-10(5-6-12-4-3-9-17-12)16-13-11(2)14-7-8-15-13/h3-4,7-10H,5-6H2,1-2H3,(H,15,16). The summed E-state index contributed by atoms with van der Waals surface area (Å²) < 4.78 is 5.30. The fourth-order valence-corrected chi connectivity index (χ4v) is 1.67. The van der Waals surface area contributed by atoms with Crippen LogP contribution in [0.15, 0.2) is 35.2 Å². The molecule has 0 amide bonds. The first-order chi connectivity index (χ1) is 8.25. The Bertz CT molecular complexity index is 453. The van der Waals surface area contributed by atoms with Gasteiger partial charge in [0, 0.05) is 24.9 Å². The predicted molar refractivity (Wildman–Crippen MR) is 66.9 cm³/mol. The summed E-state index contributed by atoms with van der Waals surface area (Å²) in [6.45, 7) is 4.09. The molecule has 2 heterocycles. The van der Waals surface area contributed by atoms with Crippen LogP contribution in [0.3, 0.4) is 0 Å². The van der Waals surface area contributed by atoms with Gasteiger partial charge in [-0.15, -0.1) is 0 Å². The van der Waals surface area contributed by atoms with Crippen LogP contribution >= 0.6 is 0 Å². The van der Waals surface area contributed by atoms with Crippen molar-refractivity contribution in [1.82, 2.24) is 9.97 Å². The summed E-state index contributed by atoms with van der Waals surface area (Å²) in [4.78, 5) is 8.46. The molecule has 0 aliphatic carbocycles. The van der Waals surface area contributed by atoms with Gasteiger partial charge in [-0.3, -0.25) is 4.98 Å². The van der Waals surface area contributed by atoms with Crippen LogP contribution in [0.1, 0.15) is 24.8 Å². The Morgan fingerprint density at radius 1 is 1.35 bits per heavy atom. The number of hydrogen-bond donors (Lipinski definition) is 1. The van der Waals surface area contributed by atoms with E-state index >= 15 is 0 Å². The molecule has 1 N–H and O–H groups in total. The second-order valence-corrected chi connectivity index (χ2v) is 4.15. The number of nitrogens with one attached hydrogen (secondary N) is 1. The maximum atomic E-state index is 5.30. The Labute approximate surface area is 101 Å². The molecule has 0 saturated heterocycles. The van der Waals surface area contributed by atoms with Crippen LogP contribution in [0.4, 0.5) is 5.82 Å². The first-order valence-corrected chi connectivity index (χ1v) is 5.82. The minimum atomic E-state index is 0.343. The van der Waals surface area contributed by atoms with E-state index in [0.29, 0.717) is 6.04 Å². The lowest BCUT2D eigenvalue weighted by molar-refractivity contribution is 0.494. The summed E-state index contributed by atoms with van der Waals surface area (Å²) in [5.41, 5.74) is 0.928. The average Bonchev–Trinajstić information content (AvgIpc) is 2.82. The topological polar surface area (TPSA) is 51.0 Å². The van der Waals surface area contributed by atoms with Crippen molar-refractivity contribution in [2.24, 2.45) is 0 Å². The summed E-state index contributed by atoms with van der Waals surface area (Å²) >= 11 is 0. The van der Waals surface area contributed by atoms with Crippen LogP contribution in [-0.4, -0.2) is 16.0 Å². The van der Waals surface area contributed by atoms with Gasteiger partial charge in [0.15, 0.2) is 0 Å². The number of hydrogen-bond acceptors (Lipinski definition) is 4. The largest absolute Gasteiger partial charge is 0.469 e. The van der Waals surface area contributed by atoms with Gasteiger partial charge in [0.2, 0.25) is 0 Å². The molecule has 1 atom stereocenters. The van der Waals surface area contributed by atoms with Gasteiger partial charge in [-0.2, -0.15) is 0 Å². The fraction of sp³-hybridized carbons (Fsp3) is 0.385. The lowest BCUT2D eigenvalue weighted by Crippen LogP contribution is -2.17. The van der Waals surface area contributed by atoms with Gasteiger partial charge in [0.25, 0.3) is 0 Å². The van der Waals surface area contributed by atoms with E-state index in [9.17, 15) is 0 Å². The molecule has 2 rings (SSSR count). The maximum Gasteiger partial charge on any atom is 0.147 e.